The fraction of sp³-hybridized carbons (Fsp3) is 0.182. The summed E-state index contributed by atoms with van der Waals surface area (Å²) in [7, 11) is 2.93. The van der Waals surface area contributed by atoms with Gasteiger partial charge in [-0.25, -0.2) is 9.78 Å². The van der Waals surface area contributed by atoms with Gasteiger partial charge in [-0.05, 0) is 6.08 Å². The van der Waals surface area contributed by atoms with E-state index in [-0.39, 0.29) is 11.6 Å². The lowest BCUT2D eigenvalue weighted by molar-refractivity contribution is -0.131. The maximum absolute atomic E-state index is 11.4. The van der Waals surface area contributed by atoms with Crippen molar-refractivity contribution in [2.45, 2.75) is 0 Å². The number of ether oxygens (including phenoxy) is 1. The van der Waals surface area contributed by atoms with E-state index in [1.807, 2.05) is 0 Å². The summed E-state index contributed by atoms with van der Waals surface area (Å²) < 4.78 is 5.00. The first-order valence-electron chi connectivity index (χ1n) is 4.76. The van der Waals surface area contributed by atoms with E-state index in [4.69, 9.17) is 9.84 Å². The Hall–Kier alpha value is -2.37. The number of aliphatic carboxylic acids is 1. The van der Waals surface area contributed by atoms with Crippen LogP contribution in [0.3, 0.4) is 0 Å². The Labute approximate surface area is 97.9 Å². The second-order valence-corrected chi connectivity index (χ2v) is 3.07. The first-order valence-corrected chi connectivity index (χ1v) is 4.76. The van der Waals surface area contributed by atoms with Crippen LogP contribution in [-0.2, 0) is 4.79 Å². The molecule has 0 fully saturated rings. The van der Waals surface area contributed by atoms with Crippen LogP contribution in [0.25, 0.3) is 6.08 Å². The molecular weight excluding hydrogens is 224 g/mol. The zero-order valence-electron chi connectivity index (χ0n) is 9.43. The maximum atomic E-state index is 11.4. The number of nitrogens with zero attached hydrogens (tertiary/aromatic N) is 1. The Bertz CT molecular complexity index is 469. The highest BCUT2D eigenvalue weighted by atomic mass is 16.5. The molecule has 90 valence electrons. The molecule has 0 radical (unpaired) electrons. The first-order chi connectivity index (χ1) is 8.06. The molecule has 6 heteroatoms. The monoisotopic (exact) mass is 236 g/mol. The molecule has 0 aliphatic rings. The van der Waals surface area contributed by atoms with Crippen molar-refractivity contribution in [3.05, 3.63) is 29.6 Å². The van der Waals surface area contributed by atoms with Crippen LogP contribution in [0.2, 0.25) is 0 Å². The molecule has 0 aromatic carbocycles. The molecule has 0 saturated carbocycles. The predicted molar refractivity (Wildman–Crippen MR) is 60.8 cm³/mol. The third-order valence-corrected chi connectivity index (χ3v) is 1.91. The minimum Gasteiger partial charge on any atom is -0.497 e. The van der Waals surface area contributed by atoms with E-state index < -0.39 is 5.97 Å². The van der Waals surface area contributed by atoms with Gasteiger partial charge in [0.2, 0.25) is 0 Å². The van der Waals surface area contributed by atoms with Crippen molar-refractivity contribution in [3.8, 4) is 5.75 Å². The van der Waals surface area contributed by atoms with E-state index in [0.717, 1.165) is 6.08 Å². The molecule has 6 nitrogen and oxygen atoms in total. The van der Waals surface area contributed by atoms with Gasteiger partial charge in [-0.3, -0.25) is 4.79 Å². The number of hydrogen-bond donors (Lipinski definition) is 2. The molecule has 2 N–H and O–H groups in total. The fourth-order valence-corrected chi connectivity index (χ4v) is 1.13. The lowest BCUT2D eigenvalue weighted by atomic mass is 10.2. The molecule has 1 aromatic rings. The number of methoxy groups -OCH3 is 1. The summed E-state index contributed by atoms with van der Waals surface area (Å²) in [5, 5.41) is 10.9. The molecule has 0 spiro atoms. The van der Waals surface area contributed by atoms with Gasteiger partial charge in [-0.1, -0.05) is 0 Å². The highest BCUT2D eigenvalue weighted by Gasteiger charge is 2.08. The van der Waals surface area contributed by atoms with Gasteiger partial charge >= 0.3 is 5.97 Å². The summed E-state index contributed by atoms with van der Waals surface area (Å²) in [4.78, 5) is 25.8. The third kappa shape index (κ3) is 3.60. The molecule has 17 heavy (non-hydrogen) atoms. The van der Waals surface area contributed by atoms with Crippen molar-refractivity contribution in [2.24, 2.45) is 0 Å². The third-order valence-electron chi connectivity index (χ3n) is 1.91. The van der Waals surface area contributed by atoms with Crippen LogP contribution in [0, 0.1) is 0 Å². The zero-order valence-corrected chi connectivity index (χ0v) is 9.43. The standard InChI is InChI=1S/C11H12N2O4/c1-12-11(16)9-6-8(17-2)5-7(13-9)3-4-10(14)15/h3-6H,1-2H3,(H,12,16)(H,14,15). The predicted octanol–water partition coefficient (Wildman–Crippen LogP) is 0.548. The van der Waals surface area contributed by atoms with Crippen LogP contribution in [0.4, 0.5) is 0 Å². The average Bonchev–Trinajstić information content (AvgIpc) is 2.34. The average molecular weight is 236 g/mol. The van der Waals surface area contributed by atoms with Gasteiger partial charge in [-0.2, -0.15) is 0 Å². The summed E-state index contributed by atoms with van der Waals surface area (Å²) in [5.74, 6) is -1.02. The van der Waals surface area contributed by atoms with Gasteiger partial charge in [-0.15, -0.1) is 0 Å². The summed E-state index contributed by atoms with van der Waals surface area (Å²) in [6.45, 7) is 0. The van der Waals surface area contributed by atoms with E-state index in [2.05, 4.69) is 10.3 Å². The lowest BCUT2D eigenvalue weighted by Crippen LogP contribution is -2.19. The fourth-order valence-electron chi connectivity index (χ4n) is 1.13. The molecule has 0 atom stereocenters. The van der Waals surface area contributed by atoms with Crippen LogP contribution >= 0.6 is 0 Å². The Morgan fingerprint density at radius 2 is 2.18 bits per heavy atom. The quantitative estimate of drug-likeness (QED) is 0.745. The number of carbonyl (C=O) groups excluding carboxylic acids is 1. The second kappa shape index (κ2) is 5.64. The summed E-state index contributed by atoms with van der Waals surface area (Å²) in [6.07, 6.45) is 2.23. The van der Waals surface area contributed by atoms with Crippen LogP contribution in [0.15, 0.2) is 18.2 Å². The summed E-state index contributed by atoms with van der Waals surface area (Å²) in [6, 6.07) is 3.00. The molecule has 0 aliphatic heterocycles. The minimum atomic E-state index is -1.09. The zero-order chi connectivity index (χ0) is 12.8. The number of pyridine rings is 1. The molecule has 1 heterocycles. The normalized spacial score (nSPS) is 10.2. The number of rotatable bonds is 4. The smallest absolute Gasteiger partial charge is 0.328 e. The van der Waals surface area contributed by atoms with E-state index in [9.17, 15) is 9.59 Å². The number of amides is 1. The molecule has 0 saturated heterocycles. The van der Waals surface area contributed by atoms with Crippen molar-refractivity contribution in [2.75, 3.05) is 14.2 Å². The van der Waals surface area contributed by atoms with Gasteiger partial charge < -0.3 is 15.2 Å². The Kier molecular flexibility index (Phi) is 4.21. The topological polar surface area (TPSA) is 88.5 Å². The number of hydrogen-bond acceptors (Lipinski definition) is 4. The van der Waals surface area contributed by atoms with Crippen molar-refractivity contribution < 1.29 is 19.4 Å². The highest BCUT2D eigenvalue weighted by Crippen LogP contribution is 2.14. The highest BCUT2D eigenvalue weighted by molar-refractivity contribution is 5.93. The van der Waals surface area contributed by atoms with Crippen molar-refractivity contribution in [1.29, 1.82) is 0 Å². The minimum absolute atomic E-state index is 0.164. The molecule has 1 amide bonds. The van der Waals surface area contributed by atoms with Crippen LogP contribution in [0.5, 0.6) is 5.75 Å². The maximum Gasteiger partial charge on any atom is 0.328 e. The van der Waals surface area contributed by atoms with Gasteiger partial charge in [0.1, 0.15) is 11.4 Å². The second-order valence-electron chi connectivity index (χ2n) is 3.07. The molecule has 0 aliphatic carbocycles. The molecule has 1 aromatic heterocycles. The van der Waals surface area contributed by atoms with Crippen LogP contribution in [-0.4, -0.2) is 36.1 Å². The van der Waals surface area contributed by atoms with Crippen molar-refractivity contribution in [3.63, 3.8) is 0 Å². The lowest BCUT2D eigenvalue weighted by Gasteiger charge is -2.04. The summed E-state index contributed by atoms with van der Waals surface area (Å²) >= 11 is 0. The van der Waals surface area contributed by atoms with Crippen LogP contribution in [0.1, 0.15) is 16.2 Å². The molecule has 0 bridgehead atoms. The largest absolute Gasteiger partial charge is 0.497 e. The number of carboxylic acids is 1. The van der Waals surface area contributed by atoms with Crippen molar-refractivity contribution >= 4 is 18.0 Å². The molecule has 1 rings (SSSR count). The number of nitrogens with one attached hydrogen (secondary N) is 1. The Morgan fingerprint density at radius 3 is 2.71 bits per heavy atom. The molecule has 0 unspecified atom stereocenters. The molecular formula is C11H12N2O4. The van der Waals surface area contributed by atoms with E-state index in [1.165, 1.54) is 32.4 Å². The van der Waals surface area contributed by atoms with E-state index in [1.54, 1.807) is 0 Å². The number of aromatic nitrogens is 1. The summed E-state index contributed by atoms with van der Waals surface area (Å²) in [5.41, 5.74) is 0.502. The van der Waals surface area contributed by atoms with Gasteiger partial charge in [0.05, 0.1) is 12.8 Å². The number of carbonyl (C=O) groups is 2. The number of carboxylic acid groups (broad SMARTS) is 1. The Morgan fingerprint density at radius 1 is 1.47 bits per heavy atom. The van der Waals surface area contributed by atoms with Crippen LogP contribution < -0.4 is 10.1 Å². The van der Waals surface area contributed by atoms with E-state index in [0.29, 0.717) is 11.4 Å². The van der Waals surface area contributed by atoms with Gasteiger partial charge in [0, 0.05) is 25.3 Å². The van der Waals surface area contributed by atoms with Gasteiger partial charge in [0.25, 0.3) is 5.91 Å². The first kappa shape index (κ1) is 12.7. The van der Waals surface area contributed by atoms with Gasteiger partial charge in [0.15, 0.2) is 0 Å². The SMILES string of the molecule is CNC(=O)c1cc(OC)cc(C=CC(=O)O)n1. The van der Waals surface area contributed by atoms with E-state index >= 15 is 0 Å². The van der Waals surface area contributed by atoms with Crippen molar-refractivity contribution in [1.82, 2.24) is 10.3 Å². The Balaban J connectivity index is 3.13.